The van der Waals surface area contributed by atoms with E-state index in [1.165, 1.54) is 0 Å². The smallest absolute Gasteiger partial charge is 0.274 e. The number of benzene rings is 1. The van der Waals surface area contributed by atoms with Gasteiger partial charge in [0.05, 0.1) is 6.20 Å². The Morgan fingerprint density at radius 1 is 1.19 bits per heavy atom. The molecule has 0 N–H and O–H groups in total. The zero-order chi connectivity index (χ0) is 18.8. The summed E-state index contributed by atoms with van der Waals surface area (Å²) in [7, 11) is 1.86. The van der Waals surface area contributed by atoms with Crippen LogP contribution in [0.4, 0.5) is 0 Å². The van der Waals surface area contributed by atoms with Gasteiger partial charge in [-0.25, -0.2) is 0 Å². The van der Waals surface area contributed by atoms with Crippen LogP contribution in [0.15, 0.2) is 42.6 Å². The molecule has 0 aliphatic carbocycles. The first-order valence-corrected chi connectivity index (χ1v) is 9.35. The molecule has 3 heterocycles. The number of carbonyl (C=O) groups is 1. The lowest BCUT2D eigenvalue weighted by atomic mass is 9.96. The summed E-state index contributed by atoms with van der Waals surface area (Å²) in [6.07, 6.45) is 3.94. The molecule has 1 aliphatic rings. The molecule has 0 spiro atoms. The standard InChI is InChI=1S/C20H24N6O/c1-15-12-18(22-24(15)2)20(27)25-10-8-16(9-11-25)13-26-14-19(21-23-26)17-6-4-3-5-7-17/h3-7,12,14,16H,8-11,13H2,1-2H3. The third-order valence-corrected chi connectivity index (χ3v) is 5.29. The minimum absolute atomic E-state index is 0.0317. The molecular formula is C20H24N6O. The maximum atomic E-state index is 12.6. The Morgan fingerprint density at radius 2 is 1.93 bits per heavy atom. The van der Waals surface area contributed by atoms with Crippen molar-refractivity contribution in [3.63, 3.8) is 0 Å². The summed E-state index contributed by atoms with van der Waals surface area (Å²) in [5, 5.41) is 12.9. The van der Waals surface area contributed by atoms with Crippen LogP contribution in [0.1, 0.15) is 29.0 Å². The van der Waals surface area contributed by atoms with E-state index in [1.807, 2.05) is 66.1 Å². The highest BCUT2D eigenvalue weighted by Gasteiger charge is 2.25. The molecule has 140 valence electrons. The van der Waals surface area contributed by atoms with Crippen molar-refractivity contribution in [2.24, 2.45) is 13.0 Å². The molecule has 1 amide bonds. The van der Waals surface area contributed by atoms with Crippen molar-refractivity contribution < 1.29 is 4.79 Å². The minimum Gasteiger partial charge on any atom is -0.337 e. The second-order valence-corrected chi connectivity index (χ2v) is 7.22. The first kappa shape index (κ1) is 17.5. The lowest BCUT2D eigenvalue weighted by molar-refractivity contribution is 0.0674. The zero-order valence-corrected chi connectivity index (χ0v) is 15.7. The van der Waals surface area contributed by atoms with E-state index >= 15 is 0 Å². The van der Waals surface area contributed by atoms with Crippen molar-refractivity contribution in [3.8, 4) is 11.3 Å². The first-order chi connectivity index (χ1) is 13.1. The highest BCUT2D eigenvalue weighted by molar-refractivity contribution is 5.92. The van der Waals surface area contributed by atoms with Gasteiger partial charge in [0.15, 0.2) is 5.69 Å². The molecule has 0 unspecified atom stereocenters. The van der Waals surface area contributed by atoms with Gasteiger partial charge in [-0.05, 0) is 31.7 Å². The number of hydrogen-bond donors (Lipinski definition) is 0. The van der Waals surface area contributed by atoms with Gasteiger partial charge in [0.25, 0.3) is 5.91 Å². The summed E-state index contributed by atoms with van der Waals surface area (Å²) in [6, 6.07) is 11.9. The van der Waals surface area contributed by atoms with Crippen LogP contribution in [0.2, 0.25) is 0 Å². The number of amides is 1. The Labute approximate surface area is 158 Å². The van der Waals surface area contributed by atoms with E-state index < -0.39 is 0 Å². The Hall–Kier alpha value is -2.96. The molecule has 1 aliphatic heterocycles. The van der Waals surface area contributed by atoms with Crippen LogP contribution < -0.4 is 0 Å². The molecular weight excluding hydrogens is 340 g/mol. The second kappa shape index (κ2) is 7.34. The molecule has 0 bridgehead atoms. The SMILES string of the molecule is Cc1cc(C(=O)N2CCC(Cn3cc(-c4ccccc4)nn3)CC2)nn1C. The maximum absolute atomic E-state index is 12.6. The van der Waals surface area contributed by atoms with Crippen LogP contribution in [-0.4, -0.2) is 48.7 Å². The van der Waals surface area contributed by atoms with Crippen LogP contribution in [0.5, 0.6) is 0 Å². The van der Waals surface area contributed by atoms with Crippen LogP contribution in [-0.2, 0) is 13.6 Å². The molecule has 1 fully saturated rings. The molecule has 7 nitrogen and oxygen atoms in total. The van der Waals surface area contributed by atoms with Crippen LogP contribution >= 0.6 is 0 Å². The van der Waals surface area contributed by atoms with E-state index in [0.29, 0.717) is 11.6 Å². The van der Waals surface area contributed by atoms with Gasteiger partial charge in [-0.3, -0.25) is 14.2 Å². The highest BCUT2D eigenvalue weighted by Crippen LogP contribution is 2.22. The van der Waals surface area contributed by atoms with Crippen molar-refractivity contribution in [3.05, 3.63) is 54.0 Å². The predicted molar refractivity (Wildman–Crippen MR) is 102 cm³/mol. The molecule has 2 aromatic heterocycles. The Bertz CT molecular complexity index is 902. The van der Waals surface area contributed by atoms with E-state index in [4.69, 9.17) is 0 Å². The van der Waals surface area contributed by atoms with E-state index in [0.717, 1.165) is 49.4 Å². The summed E-state index contributed by atoms with van der Waals surface area (Å²) < 4.78 is 3.67. The van der Waals surface area contributed by atoms with Crippen molar-refractivity contribution in [2.45, 2.75) is 26.3 Å². The van der Waals surface area contributed by atoms with Crippen molar-refractivity contribution in [1.29, 1.82) is 0 Å². The Balaban J connectivity index is 1.33. The fraction of sp³-hybridized carbons (Fsp3) is 0.400. The number of aromatic nitrogens is 5. The maximum Gasteiger partial charge on any atom is 0.274 e. The number of aryl methyl sites for hydroxylation is 2. The molecule has 1 saturated heterocycles. The van der Waals surface area contributed by atoms with Crippen molar-refractivity contribution in [2.75, 3.05) is 13.1 Å². The largest absolute Gasteiger partial charge is 0.337 e. The van der Waals surface area contributed by atoms with Gasteiger partial charge in [0, 0.05) is 37.9 Å². The minimum atomic E-state index is 0.0317. The molecule has 1 aromatic carbocycles. The van der Waals surface area contributed by atoms with Gasteiger partial charge in [0.1, 0.15) is 5.69 Å². The number of rotatable bonds is 4. The highest BCUT2D eigenvalue weighted by atomic mass is 16.2. The summed E-state index contributed by atoms with van der Waals surface area (Å²) in [5.74, 6) is 0.536. The average Bonchev–Trinajstić information content (AvgIpc) is 3.29. The quantitative estimate of drug-likeness (QED) is 0.713. The van der Waals surface area contributed by atoms with Gasteiger partial charge in [-0.15, -0.1) is 5.10 Å². The fourth-order valence-electron chi connectivity index (χ4n) is 3.54. The Morgan fingerprint density at radius 3 is 2.59 bits per heavy atom. The third kappa shape index (κ3) is 3.77. The summed E-state index contributed by atoms with van der Waals surface area (Å²) >= 11 is 0. The van der Waals surface area contributed by atoms with Crippen molar-refractivity contribution >= 4 is 5.91 Å². The average molecular weight is 364 g/mol. The molecule has 3 aromatic rings. The van der Waals surface area contributed by atoms with Gasteiger partial charge < -0.3 is 4.90 Å². The van der Waals surface area contributed by atoms with Gasteiger partial charge >= 0.3 is 0 Å². The predicted octanol–water partition coefficient (Wildman–Crippen LogP) is 2.54. The van der Waals surface area contributed by atoms with Crippen LogP contribution in [0.3, 0.4) is 0 Å². The third-order valence-electron chi connectivity index (χ3n) is 5.29. The monoisotopic (exact) mass is 364 g/mol. The van der Waals surface area contributed by atoms with E-state index in [9.17, 15) is 4.79 Å². The number of hydrogen-bond acceptors (Lipinski definition) is 4. The number of carbonyl (C=O) groups excluding carboxylic acids is 1. The van der Waals surface area contributed by atoms with Crippen LogP contribution in [0.25, 0.3) is 11.3 Å². The van der Waals surface area contributed by atoms with Gasteiger partial charge in [0.2, 0.25) is 0 Å². The van der Waals surface area contributed by atoms with Crippen LogP contribution in [0, 0.1) is 12.8 Å². The number of likely N-dealkylation sites (tertiary alicyclic amines) is 1. The number of piperidine rings is 1. The van der Waals surface area contributed by atoms with Gasteiger partial charge in [-0.2, -0.15) is 5.10 Å². The Kier molecular flexibility index (Phi) is 4.75. The van der Waals surface area contributed by atoms with E-state index in [2.05, 4.69) is 15.4 Å². The zero-order valence-electron chi connectivity index (χ0n) is 15.7. The lowest BCUT2D eigenvalue weighted by Crippen LogP contribution is -2.39. The normalized spacial score (nSPS) is 15.3. The molecule has 4 rings (SSSR count). The van der Waals surface area contributed by atoms with E-state index in [1.54, 1.807) is 4.68 Å². The molecule has 0 saturated carbocycles. The molecule has 0 atom stereocenters. The van der Waals surface area contributed by atoms with E-state index in [-0.39, 0.29) is 5.91 Å². The molecule has 27 heavy (non-hydrogen) atoms. The summed E-state index contributed by atoms with van der Waals surface area (Å²) in [6.45, 7) is 4.32. The topological polar surface area (TPSA) is 68.8 Å². The summed E-state index contributed by atoms with van der Waals surface area (Å²) in [5.41, 5.74) is 3.51. The van der Waals surface area contributed by atoms with Crippen molar-refractivity contribution in [1.82, 2.24) is 29.7 Å². The first-order valence-electron chi connectivity index (χ1n) is 9.35. The lowest BCUT2D eigenvalue weighted by Gasteiger charge is -2.31. The molecule has 0 radical (unpaired) electrons. The van der Waals surface area contributed by atoms with Gasteiger partial charge in [-0.1, -0.05) is 35.5 Å². The fourth-order valence-corrected chi connectivity index (χ4v) is 3.54. The summed E-state index contributed by atoms with van der Waals surface area (Å²) in [4.78, 5) is 14.5. The second-order valence-electron chi connectivity index (χ2n) is 7.22. The molecule has 7 heteroatoms. The number of nitrogens with zero attached hydrogens (tertiary/aromatic N) is 6.